The minimum absolute atomic E-state index is 0.0662. The van der Waals surface area contributed by atoms with Gasteiger partial charge in [0.05, 0.1) is 0 Å². The first-order chi connectivity index (χ1) is 5.66. The molecule has 0 amide bonds. The summed E-state index contributed by atoms with van der Waals surface area (Å²) in [5.74, 6) is 0. The molecule has 0 unspecified atom stereocenters. The van der Waals surface area contributed by atoms with E-state index in [0.717, 1.165) is 0 Å². The summed E-state index contributed by atoms with van der Waals surface area (Å²) in [6.07, 6.45) is 2.27. The van der Waals surface area contributed by atoms with Crippen LogP contribution in [-0.2, 0) is 7.05 Å². The number of aromatic nitrogens is 1. The van der Waals surface area contributed by atoms with Gasteiger partial charge in [-0.25, -0.2) is 0 Å². The summed E-state index contributed by atoms with van der Waals surface area (Å²) in [6.45, 7) is 4.38. The molecule has 2 heteroatoms. The van der Waals surface area contributed by atoms with Crippen LogP contribution in [0.3, 0.4) is 0 Å². The Morgan fingerprint density at radius 3 is 2.58 bits per heavy atom. The van der Waals surface area contributed by atoms with Gasteiger partial charge in [0.1, 0.15) is 0 Å². The first-order valence-electron chi connectivity index (χ1n) is 4.04. The molecule has 0 aliphatic rings. The third kappa shape index (κ3) is 1.30. The van der Waals surface area contributed by atoms with E-state index in [-0.39, 0.29) is 20.7 Å². The molecule has 0 spiro atoms. The topological polar surface area (TPSA) is 3.88 Å². The monoisotopic (exact) mass is 276 g/mol. The van der Waals surface area contributed by atoms with E-state index in [1.165, 1.54) is 16.5 Å². The Kier molecular flexibility index (Phi) is 1.98. The second-order valence-corrected chi connectivity index (χ2v) is 6.66. The van der Waals surface area contributed by atoms with Crippen molar-refractivity contribution in [3.8, 4) is 0 Å². The molecule has 0 aliphatic carbocycles. The van der Waals surface area contributed by atoms with E-state index < -0.39 is 0 Å². The maximum atomic E-state index is 2.36. The second-order valence-electron chi connectivity index (χ2n) is 3.24. The second kappa shape index (κ2) is 2.87. The van der Waals surface area contributed by atoms with Crippen LogP contribution in [0, 0.1) is 13.8 Å². The number of rotatable bonds is 0. The molecule has 0 saturated carbocycles. The zero-order chi connectivity index (χ0) is 8.72. The van der Waals surface area contributed by atoms with Crippen LogP contribution in [-0.4, -0.2) is 20.7 Å². The van der Waals surface area contributed by atoms with Crippen LogP contribution in [0.2, 0.25) is 0 Å². The van der Waals surface area contributed by atoms with Gasteiger partial charge in [-0.3, -0.25) is 0 Å². The van der Waals surface area contributed by atoms with E-state index in [0.29, 0.717) is 0 Å². The van der Waals surface area contributed by atoms with Crippen molar-refractivity contribution in [2.75, 3.05) is 0 Å². The Balaban J connectivity index is 2.83. The van der Waals surface area contributed by atoms with E-state index in [4.69, 9.17) is 0 Å². The normalized spacial score (nSPS) is 10.9. The Morgan fingerprint density at radius 2 is 1.83 bits per heavy atom. The van der Waals surface area contributed by atoms with E-state index in [1.54, 1.807) is 3.40 Å². The standard InChI is InChI=1S/C10H12NTe/c1-7-4-9-6-11(3)12-10(9)5-8(7)2/h4-6H,1-3H3/q+1. The van der Waals surface area contributed by atoms with Gasteiger partial charge >= 0.3 is 82.6 Å². The molecular formula is C10H12NTe+. The number of hydrogen-bond acceptors (Lipinski definition) is 0. The van der Waals surface area contributed by atoms with E-state index in [9.17, 15) is 0 Å². The van der Waals surface area contributed by atoms with Crippen molar-refractivity contribution in [1.82, 2.24) is 0 Å². The molecule has 0 bridgehead atoms. The Bertz CT molecular complexity index is 390. The molecule has 12 heavy (non-hydrogen) atoms. The average Bonchev–Trinajstić information content (AvgIpc) is 2.30. The number of hydrogen-bond donors (Lipinski definition) is 0. The Hall–Kier alpha value is -0.320. The number of nitrogens with zero attached hydrogens (tertiary/aromatic N) is 1. The molecule has 62 valence electrons. The Morgan fingerprint density at radius 1 is 1.17 bits per heavy atom. The van der Waals surface area contributed by atoms with Crippen molar-refractivity contribution in [2.45, 2.75) is 13.8 Å². The summed E-state index contributed by atoms with van der Waals surface area (Å²) in [7, 11) is 2.17. The van der Waals surface area contributed by atoms with Gasteiger partial charge in [-0.2, -0.15) is 0 Å². The van der Waals surface area contributed by atoms with Crippen LogP contribution in [0.15, 0.2) is 18.3 Å². The van der Waals surface area contributed by atoms with Crippen molar-refractivity contribution in [3.05, 3.63) is 29.5 Å². The predicted molar refractivity (Wildman–Crippen MR) is 51.5 cm³/mol. The average molecular weight is 274 g/mol. The molecule has 0 N–H and O–H groups in total. The van der Waals surface area contributed by atoms with Crippen LogP contribution in [0.4, 0.5) is 0 Å². The van der Waals surface area contributed by atoms with Gasteiger partial charge < -0.3 is 0 Å². The molecule has 2 rings (SSSR count). The van der Waals surface area contributed by atoms with Crippen LogP contribution < -0.4 is 2.79 Å². The van der Waals surface area contributed by atoms with Crippen LogP contribution in [0.5, 0.6) is 0 Å². The van der Waals surface area contributed by atoms with Gasteiger partial charge in [0.15, 0.2) is 0 Å². The van der Waals surface area contributed by atoms with Crippen LogP contribution >= 0.6 is 0 Å². The molecule has 1 aromatic heterocycles. The fourth-order valence-electron chi connectivity index (χ4n) is 1.37. The summed E-state index contributed by atoms with van der Waals surface area (Å²) >= 11 is -0.0662. The summed E-state index contributed by atoms with van der Waals surface area (Å²) < 4.78 is 3.94. The van der Waals surface area contributed by atoms with Gasteiger partial charge in [-0.05, 0) is 0 Å². The zero-order valence-corrected chi connectivity index (χ0v) is 9.92. The van der Waals surface area contributed by atoms with Gasteiger partial charge in [0.25, 0.3) is 0 Å². The quantitative estimate of drug-likeness (QED) is 0.638. The van der Waals surface area contributed by atoms with E-state index in [1.807, 2.05) is 0 Å². The molecule has 0 fully saturated rings. The molecule has 0 atom stereocenters. The predicted octanol–water partition coefficient (Wildman–Crippen LogP) is 1.34. The first kappa shape index (κ1) is 8.29. The zero-order valence-electron chi connectivity index (χ0n) is 7.59. The van der Waals surface area contributed by atoms with Crippen molar-refractivity contribution < 1.29 is 2.79 Å². The van der Waals surface area contributed by atoms with Gasteiger partial charge in [0, 0.05) is 0 Å². The minimum atomic E-state index is -0.0662. The number of aryl methyl sites for hydroxylation is 3. The fourth-order valence-corrected chi connectivity index (χ4v) is 4.00. The van der Waals surface area contributed by atoms with Gasteiger partial charge in [-0.1, -0.05) is 0 Å². The fraction of sp³-hybridized carbons (Fsp3) is 0.300. The van der Waals surface area contributed by atoms with Gasteiger partial charge in [0.2, 0.25) is 0 Å². The molecule has 1 nitrogen and oxygen atoms in total. The number of fused-ring (bicyclic) bond motifs is 1. The molecule has 1 heterocycles. The number of benzene rings is 1. The summed E-state index contributed by atoms with van der Waals surface area (Å²) in [5.41, 5.74) is 2.84. The third-order valence-electron chi connectivity index (χ3n) is 2.19. The van der Waals surface area contributed by atoms with Crippen molar-refractivity contribution in [2.24, 2.45) is 7.05 Å². The summed E-state index contributed by atoms with van der Waals surface area (Å²) in [4.78, 5) is 0. The SMILES string of the molecule is Cc1cc2c[n+](C)[te]c2cc1C. The summed E-state index contributed by atoms with van der Waals surface area (Å²) in [5, 5.41) is 1.45. The molecule has 0 saturated heterocycles. The molecule has 0 radical (unpaired) electrons. The Labute approximate surface area is 82.6 Å². The third-order valence-corrected chi connectivity index (χ3v) is 4.88. The molecular weight excluding hydrogens is 262 g/mol. The van der Waals surface area contributed by atoms with E-state index in [2.05, 4.69) is 42.0 Å². The van der Waals surface area contributed by atoms with Crippen LogP contribution in [0.25, 0.3) is 8.79 Å². The first-order valence-corrected chi connectivity index (χ1v) is 6.24. The van der Waals surface area contributed by atoms with Crippen molar-refractivity contribution in [1.29, 1.82) is 0 Å². The maximum absolute atomic E-state index is 2.36. The van der Waals surface area contributed by atoms with Crippen molar-refractivity contribution >= 4 is 29.5 Å². The van der Waals surface area contributed by atoms with E-state index >= 15 is 0 Å². The molecule has 0 aliphatic heterocycles. The van der Waals surface area contributed by atoms with Gasteiger partial charge in [-0.15, -0.1) is 0 Å². The van der Waals surface area contributed by atoms with Crippen LogP contribution in [0.1, 0.15) is 11.1 Å². The van der Waals surface area contributed by atoms with Crippen molar-refractivity contribution in [3.63, 3.8) is 0 Å². The molecule has 2 aromatic rings. The summed E-state index contributed by atoms with van der Waals surface area (Å²) in [6, 6.07) is 4.66. The molecule has 1 aromatic carbocycles.